The smallest absolute Gasteiger partial charge is 0.0357 e. The molecule has 0 aliphatic heterocycles. The van der Waals surface area contributed by atoms with Gasteiger partial charge in [-0.2, -0.15) is 0 Å². The van der Waals surface area contributed by atoms with Crippen molar-refractivity contribution in [3.8, 4) is 0 Å². The second-order valence-corrected chi connectivity index (χ2v) is 6.17. The van der Waals surface area contributed by atoms with Crippen LogP contribution in [0.4, 0.5) is 0 Å². The molecule has 15 heavy (non-hydrogen) atoms. The van der Waals surface area contributed by atoms with Gasteiger partial charge in [0.2, 0.25) is 0 Å². The molecule has 0 aromatic rings. The van der Waals surface area contributed by atoms with Crippen LogP contribution in [0, 0.1) is 23.7 Å². The average Bonchev–Trinajstić information content (AvgIpc) is 2.61. The molecule has 3 atom stereocenters. The Morgan fingerprint density at radius 1 is 1.00 bits per heavy atom. The summed E-state index contributed by atoms with van der Waals surface area (Å²) in [6.45, 7) is 4.87. The molecule has 0 N–H and O–H groups in total. The zero-order chi connectivity index (χ0) is 10.7. The summed E-state index contributed by atoms with van der Waals surface area (Å²) >= 11 is 0. The third-order valence-corrected chi connectivity index (χ3v) is 4.99. The molecule has 0 bridgehead atoms. The van der Waals surface area contributed by atoms with Gasteiger partial charge in [-0.3, -0.25) is 0 Å². The van der Waals surface area contributed by atoms with Crippen LogP contribution in [-0.4, -0.2) is 0 Å². The van der Waals surface area contributed by atoms with Crippen molar-refractivity contribution in [3.05, 3.63) is 0 Å². The highest BCUT2D eigenvalue weighted by molar-refractivity contribution is 4.86. The van der Waals surface area contributed by atoms with Gasteiger partial charge < -0.3 is 0 Å². The van der Waals surface area contributed by atoms with Gasteiger partial charge in [0.15, 0.2) is 0 Å². The van der Waals surface area contributed by atoms with E-state index in [-0.39, 0.29) is 0 Å². The Hall–Kier alpha value is 0. The lowest BCUT2D eigenvalue weighted by Crippen LogP contribution is -2.19. The summed E-state index contributed by atoms with van der Waals surface area (Å²) in [5, 5.41) is 0. The van der Waals surface area contributed by atoms with Crippen molar-refractivity contribution in [3.63, 3.8) is 0 Å². The topological polar surface area (TPSA) is 0 Å². The fraction of sp³-hybridized carbons (Fsp3) is 1.00. The van der Waals surface area contributed by atoms with Gasteiger partial charge in [-0.25, -0.2) is 0 Å². The largest absolute Gasteiger partial charge is 0.0654 e. The minimum absolute atomic E-state index is 1.03. The van der Waals surface area contributed by atoms with Crippen LogP contribution in [-0.2, 0) is 0 Å². The predicted octanol–water partition coefficient (Wildman–Crippen LogP) is 5.03. The summed E-state index contributed by atoms with van der Waals surface area (Å²) in [5.74, 6) is 4.32. The van der Waals surface area contributed by atoms with Gasteiger partial charge in [-0.1, -0.05) is 58.8 Å². The Morgan fingerprint density at radius 2 is 1.73 bits per heavy atom. The van der Waals surface area contributed by atoms with Crippen LogP contribution in [0.2, 0.25) is 0 Å². The first-order valence-corrected chi connectivity index (χ1v) is 7.31. The predicted molar refractivity (Wildman–Crippen MR) is 66.9 cm³/mol. The number of hydrogen-bond donors (Lipinski definition) is 0. The highest BCUT2D eigenvalue weighted by Crippen LogP contribution is 2.46. The zero-order valence-electron chi connectivity index (χ0n) is 10.7. The van der Waals surface area contributed by atoms with Gasteiger partial charge in [0.05, 0.1) is 0 Å². The monoisotopic (exact) mass is 208 g/mol. The summed E-state index contributed by atoms with van der Waals surface area (Å²) in [6.07, 6.45) is 13.6. The van der Waals surface area contributed by atoms with Crippen molar-refractivity contribution in [2.45, 2.75) is 71.6 Å². The Kier molecular flexibility index (Phi) is 4.11. The summed E-state index contributed by atoms with van der Waals surface area (Å²) in [6, 6.07) is 0. The van der Waals surface area contributed by atoms with Gasteiger partial charge in [0.1, 0.15) is 0 Å². The second kappa shape index (κ2) is 5.37. The summed E-state index contributed by atoms with van der Waals surface area (Å²) in [4.78, 5) is 0. The minimum Gasteiger partial charge on any atom is -0.0654 e. The molecule has 0 heteroatoms. The molecule has 2 rings (SSSR count). The Balaban J connectivity index is 1.86. The quantitative estimate of drug-likeness (QED) is 0.610. The average molecular weight is 208 g/mol. The Bertz CT molecular complexity index is 178. The minimum atomic E-state index is 1.03. The van der Waals surface area contributed by atoms with Crippen molar-refractivity contribution in [1.29, 1.82) is 0 Å². The Morgan fingerprint density at radius 3 is 2.40 bits per heavy atom. The van der Waals surface area contributed by atoms with Crippen molar-refractivity contribution in [1.82, 2.24) is 0 Å². The van der Waals surface area contributed by atoms with Gasteiger partial charge in [0.25, 0.3) is 0 Å². The van der Waals surface area contributed by atoms with Crippen LogP contribution in [0.5, 0.6) is 0 Å². The van der Waals surface area contributed by atoms with Crippen LogP contribution in [0.15, 0.2) is 0 Å². The third kappa shape index (κ3) is 2.77. The first-order chi connectivity index (χ1) is 7.31. The lowest BCUT2D eigenvalue weighted by molar-refractivity contribution is 0.209. The molecule has 88 valence electrons. The van der Waals surface area contributed by atoms with Gasteiger partial charge in [0, 0.05) is 0 Å². The van der Waals surface area contributed by atoms with E-state index < -0.39 is 0 Å². The molecule has 0 nitrogen and oxygen atoms in total. The fourth-order valence-corrected chi connectivity index (χ4v) is 4.28. The molecule has 2 aliphatic carbocycles. The molecular weight excluding hydrogens is 180 g/mol. The highest BCUT2D eigenvalue weighted by Gasteiger charge is 2.35. The lowest BCUT2D eigenvalue weighted by atomic mass is 9.76. The normalized spacial score (nSPS) is 38.4. The number of rotatable bonds is 3. The van der Waals surface area contributed by atoms with Crippen molar-refractivity contribution in [2.75, 3.05) is 0 Å². The molecule has 0 heterocycles. The standard InChI is InChI=1S/C15H28/c1-3-7-13-10-12(2)15(11-13)14-8-5-4-6-9-14/h12-15H,3-11H2,1-2H3. The van der Waals surface area contributed by atoms with Crippen molar-refractivity contribution < 1.29 is 0 Å². The number of hydrogen-bond acceptors (Lipinski definition) is 0. The molecule has 2 aliphatic rings. The van der Waals surface area contributed by atoms with E-state index >= 15 is 0 Å². The lowest BCUT2D eigenvalue weighted by Gasteiger charge is -2.30. The second-order valence-electron chi connectivity index (χ2n) is 6.17. The van der Waals surface area contributed by atoms with Gasteiger partial charge in [-0.05, 0) is 36.5 Å². The van der Waals surface area contributed by atoms with Crippen LogP contribution >= 0.6 is 0 Å². The first-order valence-electron chi connectivity index (χ1n) is 7.31. The SMILES string of the molecule is CCCC1CC(C)C(C2CCCCC2)C1. The maximum absolute atomic E-state index is 2.52. The van der Waals surface area contributed by atoms with E-state index in [0.29, 0.717) is 0 Å². The molecule has 0 amide bonds. The van der Waals surface area contributed by atoms with E-state index in [9.17, 15) is 0 Å². The summed E-state index contributed by atoms with van der Waals surface area (Å²) < 4.78 is 0. The zero-order valence-corrected chi connectivity index (χ0v) is 10.7. The van der Waals surface area contributed by atoms with E-state index in [1.165, 1.54) is 38.5 Å². The maximum atomic E-state index is 2.52. The first kappa shape index (κ1) is 11.5. The van der Waals surface area contributed by atoms with E-state index in [4.69, 9.17) is 0 Å². The Labute approximate surface area is 95.8 Å². The molecular formula is C15H28. The molecule has 3 unspecified atom stereocenters. The van der Waals surface area contributed by atoms with Crippen LogP contribution in [0.1, 0.15) is 71.6 Å². The van der Waals surface area contributed by atoms with Crippen LogP contribution in [0.25, 0.3) is 0 Å². The van der Waals surface area contributed by atoms with Crippen molar-refractivity contribution >= 4 is 0 Å². The highest BCUT2D eigenvalue weighted by atomic mass is 14.4. The molecule has 2 fully saturated rings. The summed E-state index contributed by atoms with van der Waals surface area (Å²) in [7, 11) is 0. The van der Waals surface area contributed by atoms with E-state index in [1.54, 1.807) is 19.3 Å². The fourth-order valence-electron chi connectivity index (χ4n) is 4.28. The van der Waals surface area contributed by atoms with Gasteiger partial charge >= 0.3 is 0 Å². The molecule has 2 saturated carbocycles. The van der Waals surface area contributed by atoms with Crippen molar-refractivity contribution in [2.24, 2.45) is 23.7 Å². The molecule has 0 aromatic carbocycles. The molecule has 0 spiro atoms. The van der Waals surface area contributed by atoms with E-state index in [0.717, 1.165) is 23.7 Å². The van der Waals surface area contributed by atoms with E-state index in [1.807, 2.05) is 0 Å². The van der Waals surface area contributed by atoms with Gasteiger partial charge in [-0.15, -0.1) is 0 Å². The van der Waals surface area contributed by atoms with Crippen LogP contribution < -0.4 is 0 Å². The third-order valence-electron chi connectivity index (χ3n) is 4.99. The summed E-state index contributed by atoms with van der Waals surface area (Å²) in [5.41, 5.74) is 0. The van der Waals surface area contributed by atoms with E-state index in [2.05, 4.69) is 13.8 Å². The molecule has 0 saturated heterocycles. The molecule has 0 aromatic heterocycles. The van der Waals surface area contributed by atoms with Crippen LogP contribution in [0.3, 0.4) is 0 Å². The maximum Gasteiger partial charge on any atom is -0.0357 e. The molecule has 0 radical (unpaired) electrons.